The Hall–Kier alpha value is -0.860. The van der Waals surface area contributed by atoms with Crippen LogP contribution in [0.1, 0.15) is 25.3 Å². The van der Waals surface area contributed by atoms with Gasteiger partial charge in [-0.1, -0.05) is 44.2 Å². The molecule has 16 heavy (non-hydrogen) atoms. The van der Waals surface area contributed by atoms with Crippen molar-refractivity contribution in [2.75, 3.05) is 33.2 Å². The van der Waals surface area contributed by atoms with Crippen molar-refractivity contribution in [3.63, 3.8) is 0 Å². The fourth-order valence-corrected chi connectivity index (χ4v) is 1.65. The molecule has 1 unspecified atom stereocenters. The van der Waals surface area contributed by atoms with E-state index in [0.29, 0.717) is 5.92 Å². The molecule has 0 radical (unpaired) electrons. The van der Waals surface area contributed by atoms with Gasteiger partial charge in [0.1, 0.15) is 0 Å². The van der Waals surface area contributed by atoms with E-state index in [9.17, 15) is 0 Å². The first kappa shape index (κ1) is 13.2. The molecule has 2 heteroatoms. The summed E-state index contributed by atoms with van der Waals surface area (Å²) in [5, 5.41) is 3.51. The van der Waals surface area contributed by atoms with E-state index in [2.05, 4.69) is 61.4 Å². The predicted molar refractivity (Wildman–Crippen MR) is 70.9 cm³/mol. The van der Waals surface area contributed by atoms with Crippen LogP contribution >= 0.6 is 0 Å². The fourth-order valence-electron chi connectivity index (χ4n) is 1.65. The summed E-state index contributed by atoms with van der Waals surface area (Å²) < 4.78 is 0. The Morgan fingerprint density at radius 2 is 1.94 bits per heavy atom. The first-order chi connectivity index (χ1) is 7.74. The molecule has 1 aromatic rings. The molecule has 1 atom stereocenters. The van der Waals surface area contributed by atoms with Crippen molar-refractivity contribution >= 4 is 0 Å². The van der Waals surface area contributed by atoms with E-state index in [1.165, 1.54) is 5.56 Å². The molecule has 90 valence electrons. The average Bonchev–Trinajstić information content (AvgIpc) is 2.35. The van der Waals surface area contributed by atoms with Crippen molar-refractivity contribution in [1.82, 2.24) is 10.2 Å². The minimum absolute atomic E-state index is 0.591. The number of hydrogen-bond acceptors (Lipinski definition) is 2. The number of hydrogen-bond donors (Lipinski definition) is 1. The maximum atomic E-state index is 3.51. The zero-order valence-corrected chi connectivity index (χ0v) is 10.7. The van der Waals surface area contributed by atoms with Gasteiger partial charge in [0.05, 0.1) is 0 Å². The highest BCUT2D eigenvalue weighted by molar-refractivity contribution is 5.18. The molecule has 1 rings (SSSR count). The maximum absolute atomic E-state index is 3.51. The normalized spacial score (nSPS) is 13.0. The Bertz CT molecular complexity index is 271. The van der Waals surface area contributed by atoms with E-state index in [4.69, 9.17) is 0 Å². The van der Waals surface area contributed by atoms with Gasteiger partial charge in [-0.25, -0.2) is 0 Å². The van der Waals surface area contributed by atoms with Gasteiger partial charge in [0, 0.05) is 19.6 Å². The fraction of sp³-hybridized carbons (Fsp3) is 0.571. The van der Waals surface area contributed by atoms with Crippen LogP contribution in [-0.2, 0) is 0 Å². The predicted octanol–water partition coefficient (Wildman–Crippen LogP) is 2.33. The molecule has 0 fully saturated rings. The molecular weight excluding hydrogens is 196 g/mol. The first-order valence-corrected chi connectivity index (χ1v) is 6.18. The number of rotatable bonds is 7. The molecule has 0 aliphatic heterocycles. The number of benzene rings is 1. The van der Waals surface area contributed by atoms with Crippen LogP contribution in [0.2, 0.25) is 0 Å². The van der Waals surface area contributed by atoms with Crippen LogP contribution < -0.4 is 5.32 Å². The van der Waals surface area contributed by atoms with Gasteiger partial charge in [0.15, 0.2) is 0 Å². The van der Waals surface area contributed by atoms with Gasteiger partial charge in [0.25, 0.3) is 0 Å². The molecule has 0 saturated heterocycles. The minimum atomic E-state index is 0.591. The molecule has 0 amide bonds. The van der Waals surface area contributed by atoms with Gasteiger partial charge in [-0.15, -0.1) is 0 Å². The van der Waals surface area contributed by atoms with Crippen molar-refractivity contribution in [2.45, 2.75) is 19.8 Å². The topological polar surface area (TPSA) is 15.3 Å². The lowest BCUT2D eigenvalue weighted by Gasteiger charge is -2.16. The lowest BCUT2D eigenvalue weighted by molar-refractivity contribution is 0.348. The van der Waals surface area contributed by atoms with Gasteiger partial charge >= 0.3 is 0 Å². The molecule has 0 heterocycles. The van der Waals surface area contributed by atoms with Crippen molar-refractivity contribution in [2.24, 2.45) is 0 Å². The van der Waals surface area contributed by atoms with Crippen LogP contribution in [-0.4, -0.2) is 38.1 Å². The number of likely N-dealkylation sites (N-methyl/N-ethyl adjacent to an activating group) is 1. The average molecular weight is 220 g/mol. The quantitative estimate of drug-likeness (QED) is 0.710. The van der Waals surface area contributed by atoms with Crippen LogP contribution in [0.4, 0.5) is 0 Å². The lowest BCUT2D eigenvalue weighted by Crippen LogP contribution is -2.31. The molecule has 2 nitrogen and oxygen atoms in total. The molecule has 0 aliphatic rings. The smallest absolute Gasteiger partial charge is 0.0104 e. The summed E-state index contributed by atoms with van der Waals surface area (Å²) in [5.74, 6) is 0.591. The summed E-state index contributed by atoms with van der Waals surface area (Å²) in [6, 6.07) is 10.7. The second-order valence-electron chi connectivity index (χ2n) is 4.41. The summed E-state index contributed by atoms with van der Waals surface area (Å²) in [5.41, 5.74) is 1.42. The Labute approximate surface area is 99.7 Å². The Morgan fingerprint density at radius 3 is 2.56 bits per heavy atom. The summed E-state index contributed by atoms with van der Waals surface area (Å²) in [6.45, 7) is 8.83. The van der Waals surface area contributed by atoms with Crippen molar-refractivity contribution < 1.29 is 0 Å². The lowest BCUT2D eigenvalue weighted by atomic mass is 10.0. The molecule has 0 spiro atoms. The van der Waals surface area contributed by atoms with Crippen LogP contribution in [0.15, 0.2) is 30.3 Å². The number of nitrogens with zero attached hydrogens (tertiary/aromatic N) is 1. The van der Waals surface area contributed by atoms with Gasteiger partial charge in [-0.2, -0.15) is 0 Å². The molecule has 1 aromatic carbocycles. The van der Waals surface area contributed by atoms with Crippen LogP contribution in [0.25, 0.3) is 0 Å². The zero-order valence-electron chi connectivity index (χ0n) is 10.7. The molecular formula is C14H24N2. The standard InChI is InChI=1S/C14H24N2/c1-4-16(3)11-10-15-12-13(2)14-8-6-5-7-9-14/h5-9,13,15H,4,10-12H2,1-3H3. The second kappa shape index (κ2) is 7.42. The van der Waals surface area contributed by atoms with Gasteiger partial charge < -0.3 is 10.2 Å². The van der Waals surface area contributed by atoms with E-state index in [1.54, 1.807) is 0 Å². The largest absolute Gasteiger partial charge is 0.315 e. The van der Waals surface area contributed by atoms with Crippen molar-refractivity contribution in [1.29, 1.82) is 0 Å². The monoisotopic (exact) mass is 220 g/mol. The number of nitrogens with one attached hydrogen (secondary N) is 1. The highest BCUT2D eigenvalue weighted by atomic mass is 15.1. The Morgan fingerprint density at radius 1 is 1.25 bits per heavy atom. The highest BCUT2D eigenvalue weighted by Crippen LogP contribution is 2.12. The van der Waals surface area contributed by atoms with Gasteiger partial charge in [-0.05, 0) is 25.1 Å². The zero-order chi connectivity index (χ0) is 11.8. The summed E-state index contributed by atoms with van der Waals surface area (Å²) in [7, 11) is 2.16. The summed E-state index contributed by atoms with van der Waals surface area (Å²) in [4.78, 5) is 2.32. The molecule has 0 aliphatic carbocycles. The first-order valence-electron chi connectivity index (χ1n) is 6.18. The SMILES string of the molecule is CCN(C)CCNCC(C)c1ccccc1. The van der Waals surface area contributed by atoms with Crippen LogP contribution in [0.5, 0.6) is 0 Å². The Kier molecular flexibility index (Phi) is 6.12. The van der Waals surface area contributed by atoms with Crippen LogP contribution in [0.3, 0.4) is 0 Å². The van der Waals surface area contributed by atoms with E-state index in [1.807, 2.05) is 0 Å². The molecule has 0 saturated carbocycles. The Balaban J connectivity index is 2.18. The molecule has 1 N–H and O–H groups in total. The van der Waals surface area contributed by atoms with E-state index < -0.39 is 0 Å². The van der Waals surface area contributed by atoms with Gasteiger partial charge in [-0.3, -0.25) is 0 Å². The van der Waals surface area contributed by atoms with Crippen molar-refractivity contribution in [3.8, 4) is 0 Å². The summed E-state index contributed by atoms with van der Waals surface area (Å²) in [6.07, 6.45) is 0. The molecule has 0 aromatic heterocycles. The molecule has 0 bridgehead atoms. The van der Waals surface area contributed by atoms with E-state index >= 15 is 0 Å². The van der Waals surface area contributed by atoms with Gasteiger partial charge in [0.2, 0.25) is 0 Å². The third kappa shape index (κ3) is 4.77. The third-order valence-corrected chi connectivity index (χ3v) is 3.03. The van der Waals surface area contributed by atoms with E-state index in [0.717, 1.165) is 26.2 Å². The maximum Gasteiger partial charge on any atom is 0.0104 e. The van der Waals surface area contributed by atoms with E-state index in [-0.39, 0.29) is 0 Å². The second-order valence-corrected chi connectivity index (χ2v) is 4.41. The van der Waals surface area contributed by atoms with Crippen LogP contribution in [0, 0.1) is 0 Å². The highest BCUT2D eigenvalue weighted by Gasteiger charge is 2.03. The third-order valence-electron chi connectivity index (χ3n) is 3.03. The minimum Gasteiger partial charge on any atom is -0.315 e. The van der Waals surface area contributed by atoms with Crippen molar-refractivity contribution in [3.05, 3.63) is 35.9 Å². The summed E-state index contributed by atoms with van der Waals surface area (Å²) >= 11 is 0.